The van der Waals surface area contributed by atoms with Gasteiger partial charge in [-0.05, 0) is 74.6 Å². The van der Waals surface area contributed by atoms with Gasteiger partial charge in [-0.1, -0.05) is 28.8 Å². The number of hydrogen-bond donors (Lipinski definition) is 2. The average Bonchev–Trinajstić information content (AvgIpc) is 3.29. The van der Waals surface area contributed by atoms with Gasteiger partial charge in [-0.2, -0.15) is 0 Å². The van der Waals surface area contributed by atoms with Crippen LogP contribution in [0, 0.1) is 25.7 Å². The van der Waals surface area contributed by atoms with Crippen molar-refractivity contribution in [2.45, 2.75) is 57.9 Å². The standard InChI is InChI=1S/C18H27BrN2/c1-12-8-16(9-13(2)17(12)19)21-18(11-20)7-3-4-15(10-18)14-5-6-14/h8-9,14-15,21H,3-7,10-11,20H2,1-2H3. The second kappa shape index (κ2) is 5.92. The number of nitrogens with one attached hydrogen (secondary N) is 1. The summed E-state index contributed by atoms with van der Waals surface area (Å²) in [6.07, 6.45) is 8.08. The second-order valence-corrected chi connectivity index (χ2v) is 8.02. The van der Waals surface area contributed by atoms with Crippen LogP contribution in [0.4, 0.5) is 5.69 Å². The van der Waals surface area contributed by atoms with Crippen LogP contribution in [0.2, 0.25) is 0 Å². The van der Waals surface area contributed by atoms with Crippen molar-refractivity contribution in [2.24, 2.45) is 17.6 Å². The molecule has 0 heterocycles. The molecule has 0 amide bonds. The Morgan fingerprint density at radius 1 is 1.19 bits per heavy atom. The fourth-order valence-electron chi connectivity index (χ4n) is 4.05. The summed E-state index contributed by atoms with van der Waals surface area (Å²) >= 11 is 3.65. The summed E-state index contributed by atoms with van der Waals surface area (Å²) in [4.78, 5) is 0. The van der Waals surface area contributed by atoms with E-state index in [4.69, 9.17) is 5.73 Å². The molecule has 2 aliphatic rings. The van der Waals surface area contributed by atoms with Crippen LogP contribution in [0.15, 0.2) is 16.6 Å². The van der Waals surface area contributed by atoms with Gasteiger partial charge in [0.25, 0.3) is 0 Å². The number of aryl methyl sites for hydroxylation is 2. The van der Waals surface area contributed by atoms with Gasteiger partial charge in [-0.15, -0.1) is 0 Å². The molecule has 21 heavy (non-hydrogen) atoms. The number of benzene rings is 1. The Bertz CT molecular complexity index is 501. The number of anilines is 1. The topological polar surface area (TPSA) is 38.0 Å². The lowest BCUT2D eigenvalue weighted by Crippen LogP contribution is -2.49. The second-order valence-electron chi connectivity index (χ2n) is 7.23. The van der Waals surface area contributed by atoms with E-state index in [1.807, 2.05) is 0 Å². The van der Waals surface area contributed by atoms with Crippen LogP contribution in [0.25, 0.3) is 0 Å². The quantitative estimate of drug-likeness (QED) is 0.820. The van der Waals surface area contributed by atoms with Crippen molar-refractivity contribution in [2.75, 3.05) is 11.9 Å². The lowest BCUT2D eigenvalue weighted by molar-refractivity contribution is 0.228. The molecule has 1 aromatic carbocycles. The normalized spacial score (nSPS) is 29.4. The lowest BCUT2D eigenvalue weighted by atomic mass is 9.73. The van der Waals surface area contributed by atoms with Crippen molar-refractivity contribution in [3.8, 4) is 0 Å². The summed E-state index contributed by atoms with van der Waals surface area (Å²) in [5.74, 6) is 1.89. The number of hydrogen-bond acceptors (Lipinski definition) is 2. The van der Waals surface area contributed by atoms with Gasteiger partial charge in [0, 0.05) is 22.2 Å². The number of nitrogens with two attached hydrogens (primary N) is 1. The molecule has 0 bridgehead atoms. The molecule has 2 unspecified atom stereocenters. The van der Waals surface area contributed by atoms with E-state index in [1.54, 1.807) is 0 Å². The zero-order chi connectivity index (χ0) is 15.0. The molecule has 0 radical (unpaired) electrons. The molecule has 0 aliphatic heterocycles. The Hall–Kier alpha value is -0.540. The van der Waals surface area contributed by atoms with Gasteiger partial charge >= 0.3 is 0 Å². The van der Waals surface area contributed by atoms with Crippen LogP contribution in [-0.2, 0) is 0 Å². The van der Waals surface area contributed by atoms with Crippen molar-refractivity contribution in [3.63, 3.8) is 0 Å². The lowest BCUT2D eigenvalue weighted by Gasteiger charge is -2.42. The van der Waals surface area contributed by atoms with Gasteiger partial charge in [0.05, 0.1) is 0 Å². The van der Waals surface area contributed by atoms with Crippen molar-refractivity contribution in [1.29, 1.82) is 0 Å². The Labute approximate surface area is 137 Å². The highest BCUT2D eigenvalue weighted by molar-refractivity contribution is 9.10. The van der Waals surface area contributed by atoms with E-state index in [-0.39, 0.29) is 5.54 Å². The van der Waals surface area contributed by atoms with E-state index >= 15 is 0 Å². The molecule has 0 saturated heterocycles. The van der Waals surface area contributed by atoms with E-state index in [1.165, 1.54) is 59.8 Å². The Morgan fingerprint density at radius 3 is 2.43 bits per heavy atom. The average molecular weight is 351 g/mol. The molecule has 3 rings (SSSR count). The maximum Gasteiger partial charge on any atom is 0.0498 e. The van der Waals surface area contributed by atoms with Crippen molar-refractivity contribution < 1.29 is 0 Å². The largest absolute Gasteiger partial charge is 0.378 e. The summed E-state index contributed by atoms with van der Waals surface area (Å²) in [5, 5.41) is 3.82. The molecule has 0 aromatic heterocycles. The molecule has 2 aliphatic carbocycles. The fraction of sp³-hybridized carbons (Fsp3) is 0.667. The molecule has 0 spiro atoms. The van der Waals surface area contributed by atoms with Gasteiger partial charge in [0.15, 0.2) is 0 Å². The molecular formula is C18H27BrN2. The van der Waals surface area contributed by atoms with E-state index in [0.29, 0.717) is 0 Å². The number of halogens is 1. The van der Waals surface area contributed by atoms with Crippen molar-refractivity contribution >= 4 is 21.6 Å². The SMILES string of the molecule is Cc1cc(NC2(CN)CCCC(C3CC3)C2)cc(C)c1Br. The first kappa shape index (κ1) is 15.4. The summed E-state index contributed by atoms with van der Waals surface area (Å²) in [5.41, 5.74) is 10.1. The third-order valence-corrected chi connectivity index (χ3v) is 6.66. The first-order valence-electron chi connectivity index (χ1n) is 8.28. The van der Waals surface area contributed by atoms with Gasteiger partial charge in [-0.3, -0.25) is 0 Å². The maximum atomic E-state index is 6.20. The maximum absolute atomic E-state index is 6.20. The highest BCUT2D eigenvalue weighted by Gasteiger charge is 2.41. The minimum absolute atomic E-state index is 0.109. The molecule has 2 fully saturated rings. The van der Waals surface area contributed by atoms with Crippen LogP contribution < -0.4 is 11.1 Å². The zero-order valence-corrected chi connectivity index (χ0v) is 14.8. The van der Waals surface area contributed by atoms with Gasteiger partial charge in [-0.25, -0.2) is 0 Å². The molecule has 3 N–H and O–H groups in total. The molecule has 1 aromatic rings. The van der Waals surface area contributed by atoms with Crippen LogP contribution in [-0.4, -0.2) is 12.1 Å². The van der Waals surface area contributed by atoms with Crippen LogP contribution in [0.5, 0.6) is 0 Å². The number of rotatable bonds is 4. The minimum atomic E-state index is 0.109. The Kier molecular flexibility index (Phi) is 4.33. The Morgan fingerprint density at radius 2 is 1.86 bits per heavy atom. The summed E-state index contributed by atoms with van der Waals surface area (Å²) < 4.78 is 1.22. The molecule has 2 atom stereocenters. The van der Waals surface area contributed by atoms with E-state index < -0.39 is 0 Å². The zero-order valence-electron chi connectivity index (χ0n) is 13.2. The van der Waals surface area contributed by atoms with E-state index in [2.05, 4.69) is 47.2 Å². The van der Waals surface area contributed by atoms with Gasteiger partial charge < -0.3 is 11.1 Å². The van der Waals surface area contributed by atoms with E-state index in [9.17, 15) is 0 Å². The van der Waals surface area contributed by atoms with Gasteiger partial charge in [0.1, 0.15) is 0 Å². The van der Waals surface area contributed by atoms with Crippen molar-refractivity contribution in [1.82, 2.24) is 0 Å². The molecule has 2 saturated carbocycles. The van der Waals surface area contributed by atoms with E-state index in [0.717, 1.165) is 18.4 Å². The molecule has 3 heteroatoms. The third-order valence-electron chi connectivity index (χ3n) is 5.41. The fourth-order valence-corrected chi connectivity index (χ4v) is 4.28. The highest BCUT2D eigenvalue weighted by atomic mass is 79.9. The summed E-state index contributed by atoms with van der Waals surface area (Å²) in [6.45, 7) is 5.06. The minimum Gasteiger partial charge on any atom is -0.378 e. The predicted molar refractivity (Wildman–Crippen MR) is 93.7 cm³/mol. The first-order valence-corrected chi connectivity index (χ1v) is 9.07. The molecule has 116 valence electrons. The van der Waals surface area contributed by atoms with Crippen molar-refractivity contribution in [3.05, 3.63) is 27.7 Å². The van der Waals surface area contributed by atoms with Gasteiger partial charge in [0.2, 0.25) is 0 Å². The van der Waals surface area contributed by atoms with Crippen LogP contribution >= 0.6 is 15.9 Å². The summed E-state index contributed by atoms with van der Waals surface area (Å²) in [6, 6.07) is 4.49. The molecule has 2 nitrogen and oxygen atoms in total. The first-order chi connectivity index (χ1) is 10.0. The summed E-state index contributed by atoms with van der Waals surface area (Å²) in [7, 11) is 0. The third kappa shape index (κ3) is 3.29. The smallest absolute Gasteiger partial charge is 0.0498 e. The molecular weight excluding hydrogens is 324 g/mol. The Balaban J connectivity index is 1.79. The monoisotopic (exact) mass is 350 g/mol. The van der Waals surface area contributed by atoms with Crippen LogP contribution in [0.3, 0.4) is 0 Å². The highest BCUT2D eigenvalue weighted by Crippen LogP contribution is 2.47. The van der Waals surface area contributed by atoms with Crippen LogP contribution in [0.1, 0.15) is 49.7 Å². The predicted octanol–water partition coefficient (Wildman–Crippen LogP) is 4.78.